The smallest absolute Gasteiger partial charge is 0.119 e. The zero-order chi connectivity index (χ0) is 13.7. The molecule has 0 radical (unpaired) electrons. The normalized spacial score (nSPS) is 24.4. The van der Waals surface area contributed by atoms with E-state index in [0.29, 0.717) is 12.0 Å². The molecule has 0 bridgehead atoms. The van der Waals surface area contributed by atoms with Crippen molar-refractivity contribution in [3.8, 4) is 5.75 Å². The molecule has 2 rings (SSSR count). The van der Waals surface area contributed by atoms with Gasteiger partial charge in [0.2, 0.25) is 0 Å². The molecule has 3 nitrogen and oxygen atoms in total. The first-order valence-corrected chi connectivity index (χ1v) is 7.81. The number of nitrogens with zero attached hydrogens (tertiary/aromatic N) is 1. The molecule has 1 aliphatic heterocycles. The molecule has 2 unspecified atom stereocenters. The van der Waals surface area contributed by atoms with Gasteiger partial charge < -0.3 is 10.5 Å². The lowest BCUT2D eigenvalue weighted by atomic mass is 9.94. The van der Waals surface area contributed by atoms with Crippen molar-refractivity contribution in [1.82, 2.24) is 4.90 Å². The summed E-state index contributed by atoms with van der Waals surface area (Å²) < 4.78 is 6.87. The molecule has 0 aliphatic carbocycles. The maximum absolute atomic E-state index is 5.79. The molecule has 0 aromatic heterocycles. The molecule has 0 amide bonds. The quantitative estimate of drug-likeness (QED) is 0.904. The number of likely N-dealkylation sites (tertiary alicyclic amines) is 1. The minimum Gasteiger partial charge on any atom is -0.492 e. The third-order valence-electron chi connectivity index (χ3n) is 3.90. The number of piperidine rings is 1. The summed E-state index contributed by atoms with van der Waals surface area (Å²) in [5.74, 6) is 1.59. The molecule has 1 aromatic rings. The fourth-order valence-corrected chi connectivity index (χ4v) is 2.84. The molecule has 1 aromatic carbocycles. The Bertz CT molecular complexity index is 382. The van der Waals surface area contributed by atoms with Crippen LogP contribution in [-0.2, 0) is 0 Å². The maximum Gasteiger partial charge on any atom is 0.119 e. The minimum absolute atomic E-state index is 0.649. The molecule has 0 saturated carbocycles. The van der Waals surface area contributed by atoms with Crippen LogP contribution >= 0.6 is 15.9 Å². The number of halogens is 1. The predicted octanol–water partition coefficient (Wildman–Crippen LogP) is 2.89. The second-order valence-corrected chi connectivity index (χ2v) is 6.24. The van der Waals surface area contributed by atoms with Crippen LogP contribution in [0.25, 0.3) is 0 Å². The standard InChI is InChI=1S/C15H23BrN2O/c1-12-2-3-13(10-17)11-18(12)8-9-19-15-6-4-14(16)5-7-15/h4-7,12-13H,2-3,8-11,17H2,1H3. The Hall–Kier alpha value is -0.580. The maximum atomic E-state index is 5.79. The van der Waals surface area contributed by atoms with E-state index in [1.165, 1.54) is 12.8 Å². The van der Waals surface area contributed by atoms with E-state index in [2.05, 4.69) is 27.8 Å². The highest BCUT2D eigenvalue weighted by Gasteiger charge is 2.24. The Kier molecular flexibility index (Phi) is 5.67. The van der Waals surface area contributed by atoms with Crippen LogP contribution in [0, 0.1) is 5.92 Å². The van der Waals surface area contributed by atoms with Crippen LogP contribution in [0.15, 0.2) is 28.7 Å². The largest absolute Gasteiger partial charge is 0.492 e. The van der Waals surface area contributed by atoms with Gasteiger partial charge in [-0.1, -0.05) is 15.9 Å². The van der Waals surface area contributed by atoms with Crippen LogP contribution in [0.2, 0.25) is 0 Å². The van der Waals surface area contributed by atoms with E-state index in [4.69, 9.17) is 10.5 Å². The fourth-order valence-electron chi connectivity index (χ4n) is 2.58. The second-order valence-electron chi connectivity index (χ2n) is 5.33. The van der Waals surface area contributed by atoms with E-state index in [9.17, 15) is 0 Å². The van der Waals surface area contributed by atoms with Crippen LogP contribution in [0.3, 0.4) is 0 Å². The SMILES string of the molecule is CC1CCC(CN)CN1CCOc1ccc(Br)cc1. The van der Waals surface area contributed by atoms with Gasteiger partial charge in [-0.3, -0.25) is 4.90 Å². The molecule has 4 heteroatoms. The van der Waals surface area contributed by atoms with Gasteiger partial charge in [-0.2, -0.15) is 0 Å². The highest BCUT2D eigenvalue weighted by Crippen LogP contribution is 2.21. The Morgan fingerprint density at radius 3 is 2.74 bits per heavy atom. The van der Waals surface area contributed by atoms with E-state index in [0.717, 1.165) is 36.5 Å². The molecule has 1 saturated heterocycles. The topological polar surface area (TPSA) is 38.5 Å². The zero-order valence-corrected chi connectivity index (χ0v) is 13.1. The Morgan fingerprint density at radius 1 is 1.32 bits per heavy atom. The Balaban J connectivity index is 1.76. The van der Waals surface area contributed by atoms with Gasteiger partial charge in [0.05, 0.1) is 0 Å². The number of nitrogens with two attached hydrogens (primary N) is 1. The highest BCUT2D eigenvalue weighted by atomic mass is 79.9. The van der Waals surface area contributed by atoms with E-state index in [1.807, 2.05) is 24.3 Å². The van der Waals surface area contributed by atoms with Crippen molar-refractivity contribution in [2.45, 2.75) is 25.8 Å². The van der Waals surface area contributed by atoms with Gasteiger partial charge in [-0.15, -0.1) is 0 Å². The molecule has 2 N–H and O–H groups in total. The van der Waals surface area contributed by atoms with Gasteiger partial charge in [0.25, 0.3) is 0 Å². The molecular formula is C15H23BrN2O. The van der Waals surface area contributed by atoms with Gasteiger partial charge in [0.1, 0.15) is 12.4 Å². The minimum atomic E-state index is 0.649. The van der Waals surface area contributed by atoms with Gasteiger partial charge in [0.15, 0.2) is 0 Å². The van der Waals surface area contributed by atoms with Crippen molar-refractivity contribution < 1.29 is 4.74 Å². The molecular weight excluding hydrogens is 304 g/mol. The summed E-state index contributed by atoms with van der Waals surface area (Å²) in [4.78, 5) is 2.50. The summed E-state index contributed by atoms with van der Waals surface area (Å²) in [6.45, 7) is 5.93. The molecule has 0 spiro atoms. The van der Waals surface area contributed by atoms with Crippen molar-refractivity contribution in [3.63, 3.8) is 0 Å². The van der Waals surface area contributed by atoms with Gasteiger partial charge >= 0.3 is 0 Å². The van der Waals surface area contributed by atoms with E-state index >= 15 is 0 Å². The van der Waals surface area contributed by atoms with Gasteiger partial charge in [-0.05, 0) is 56.5 Å². The first-order valence-electron chi connectivity index (χ1n) is 7.01. The van der Waals surface area contributed by atoms with Crippen LogP contribution in [0.4, 0.5) is 0 Å². The van der Waals surface area contributed by atoms with E-state index in [1.54, 1.807) is 0 Å². The van der Waals surface area contributed by atoms with E-state index < -0.39 is 0 Å². The molecule has 106 valence electrons. The number of ether oxygens (including phenoxy) is 1. The van der Waals surface area contributed by atoms with Crippen LogP contribution in [-0.4, -0.2) is 37.2 Å². The summed E-state index contributed by atoms with van der Waals surface area (Å²) in [6, 6.07) is 8.64. The number of hydrogen-bond acceptors (Lipinski definition) is 3. The van der Waals surface area contributed by atoms with Crippen LogP contribution in [0.5, 0.6) is 5.75 Å². The summed E-state index contributed by atoms with van der Waals surface area (Å²) >= 11 is 3.42. The van der Waals surface area contributed by atoms with Gasteiger partial charge in [0, 0.05) is 23.6 Å². The highest BCUT2D eigenvalue weighted by molar-refractivity contribution is 9.10. The average molecular weight is 327 g/mol. The molecule has 1 fully saturated rings. The fraction of sp³-hybridized carbons (Fsp3) is 0.600. The van der Waals surface area contributed by atoms with Crippen molar-refractivity contribution in [2.24, 2.45) is 11.7 Å². The van der Waals surface area contributed by atoms with Gasteiger partial charge in [-0.25, -0.2) is 0 Å². The molecule has 19 heavy (non-hydrogen) atoms. The summed E-state index contributed by atoms with van der Waals surface area (Å²) in [6.07, 6.45) is 2.52. The first-order chi connectivity index (χ1) is 9.19. The van der Waals surface area contributed by atoms with Crippen molar-refractivity contribution >= 4 is 15.9 Å². The Labute approximate surface area is 124 Å². The third-order valence-corrected chi connectivity index (χ3v) is 4.43. The van der Waals surface area contributed by atoms with Crippen LogP contribution < -0.4 is 10.5 Å². The molecule has 2 atom stereocenters. The number of rotatable bonds is 5. The first kappa shape index (κ1) is 14.8. The predicted molar refractivity (Wildman–Crippen MR) is 82.5 cm³/mol. The Morgan fingerprint density at radius 2 is 2.05 bits per heavy atom. The summed E-state index contributed by atoms with van der Waals surface area (Å²) in [7, 11) is 0. The van der Waals surface area contributed by atoms with E-state index in [-0.39, 0.29) is 0 Å². The summed E-state index contributed by atoms with van der Waals surface area (Å²) in [5, 5.41) is 0. The lowest BCUT2D eigenvalue weighted by Gasteiger charge is -2.37. The second kappa shape index (κ2) is 7.27. The molecule has 1 aliphatic rings. The monoisotopic (exact) mass is 326 g/mol. The summed E-state index contributed by atoms with van der Waals surface area (Å²) in [5.41, 5.74) is 5.78. The molecule has 1 heterocycles. The lowest BCUT2D eigenvalue weighted by Crippen LogP contribution is -2.45. The number of hydrogen-bond donors (Lipinski definition) is 1. The third kappa shape index (κ3) is 4.48. The van der Waals surface area contributed by atoms with Crippen LogP contribution in [0.1, 0.15) is 19.8 Å². The van der Waals surface area contributed by atoms with Crippen molar-refractivity contribution in [3.05, 3.63) is 28.7 Å². The van der Waals surface area contributed by atoms with Crippen molar-refractivity contribution in [2.75, 3.05) is 26.2 Å². The lowest BCUT2D eigenvalue weighted by molar-refractivity contribution is 0.102. The number of benzene rings is 1. The van der Waals surface area contributed by atoms with Crippen molar-refractivity contribution in [1.29, 1.82) is 0 Å². The average Bonchev–Trinajstić information content (AvgIpc) is 2.43. The zero-order valence-electron chi connectivity index (χ0n) is 11.5.